The number of nitrogens with zero attached hydrogens (tertiary/aromatic N) is 1. The Bertz CT molecular complexity index is 638. The van der Waals surface area contributed by atoms with Gasteiger partial charge in [0, 0.05) is 18.7 Å². The molecule has 29 heavy (non-hydrogen) atoms. The van der Waals surface area contributed by atoms with Crippen LogP contribution in [0.1, 0.15) is 54.4 Å². The van der Waals surface area contributed by atoms with Gasteiger partial charge in [0.25, 0.3) is 0 Å². The summed E-state index contributed by atoms with van der Waals surface area (Å²) in [4.78, 5) is 27.5. The van der Waals surface area contributed by atoms with Gasteiger partial charge >= 0.3 is 12.1 Å². The summed E-state index contributed by atoms with van der Waals surface area (Å²) < 4.78 is 17.3. The Kier molecular flexibility index (Phi) is 8.05. The van der Waals surface area contributed by atoms with Gasteiger partial charge in [-0.05, 0) is 38.9 Å². The molecule has 8 heteroatoms. The van der Waals surface area contributed by atoms with Crippen LogP contribution in [-0.4, -0.2) is 62.1 Å². The van der Waals surface area contributed by atoms with Gasteiger partial charge in [-0.3, -0.25) is 4.90 Å². The second-order valence-corrected chi connectivity index (χ2v) is 15.4. The molecule has 0 aliphatic carbocycles. The number of carbonyl (C=O) groups excluding carboxylic acids is 2. The number of rotatable bonds is 6. The minimum absolute atomic E-state index is 0.000000433. The van der Waals surface area contributed by atoms with E-state index in [0.717, 1.165) is 0 Å². The van der Waals surface area contributed by atoms with E-state index in [1.165, 1.54) is 12.0 Å². The lowest BCUT2D eigenvalue weighted by atomic mass is 9.88. The Labute approximate surface area is 182 Å². The van der Waals surface area contributed by atoms with Crippen molar-refractivity contribution < 1.29 is 23.5 Å². The van der Waals surface area contributed by atoms with Gasteiger partial charge in [0.05, 0.1) is 19.8 Å². The van der Waals surface area contributed by atoms with Crippen LogP contribution < -0.4 is 0 Å². The van der Waals surface area contributed by atoms with Crippen molar-refractivity contribution in [1.29, 1.82) is 0 Å². The fourth-order valence-corrected chi connectivity index (χ4v) is 4.69. The Morgan fingerprint density at radius 3 is 2.17 bits per heavy atom. The van der Waals surface area contributed by atoms with Crippen molar-refractivity contribution in [3.63, 3.8) is 0 Å². The number of hydrogen-bond donors (Lipinski definition) is 0. The molecule has 0 aromatic heterocycles. The lowest BCUT2D eigenvalue weighted by Gasteiger charge is -2.38. The van der Waals surface area contributed by atoms with Gasteiger partial charge < -0.3 is 13.9 Å². The average molecular weight is 448 g/mol. The summed E-state index contributed by atoms with van der Waals surface area (Å²) in [5.74, 6) is -0.315. The van der Waals surface area contributed by atoms with Crippen LogP contribution >= 0.6 is 11.6 Å². The number of halogens is 1. The predicted molar refractivity (Wildman–Crippen MR) is 119 cm³/mol. The largest absolute Gasteiger partial charge is 0.467 e. The zero-order valence-corrected chi connectivity index (χ0v) is 21.2. The highest BCUT2D eigenvalue weighted by molar-refractivity contribution is 6.74. The molecule has 1 aliphatic rings. The molecular weight excluding hydrogens is 410 g/mol. The number of amides is 1. The summed E-state index contributed by atoms with van der Waals surface area (Å²) in [6, 6.07) is 0. The fourth-order valence-electron chi connectivity index (χ4n) is 3.25. The molecule has 0 aromatic carbocycles. The molecule has 0 saturated carbocycles. The number of hydrogen-bond acceptors (Lipinski definition) is 5. The van der Waals surface area contributed by atoms with Gasteiger partial charge in [-0.25, -0.2) is 9.59 Å². The minimum Gasteiger partial charge on any atom is -0.467 e. The zero-order chi connectivity index (χ0) is 22.8. The maximum atomic E-state index is 13.1. The number of methoxy groups -OCH3 is 1. The molecule has 0 N–H and O–H groups in total. The smallest absolute Gasteiger partial charge is 0.411 e. The van der Waals surface area contributed by atoms with Crippen LogP contribution in [0.3, 0.4) is 0 Å². The van der Waals surface area contributed by atoms with Crippen LogP contribution in [-0.2, 0) is 18.7 Å². The van der Waals surface area contributed by atoms with Crippen molar-refractivity contribution in [1.82, 2.24) is 4.90 Å². The lowest BCUT2D eigenvalue weighted by Crippen LogP contribution is -2.55. The third-order valence-electron chi connectivity index (χ3n) is 5.65. The van der Waals surface area contributed by atoms with E-state index in [9.17, 15) is 9.59 Å². The molecule has 1 heterocycles. The van der Waals surface area contributed by atoms with E-state index < -0.39 is 31.5 Å². The van der Waals surface area contributed by atoms with Crippen molar-refractivity contribution >= 4 is 32.0 Å². The molecule has 1 aliphatic heterocycles. The highest BCUT2D eigenvalue weighted by Gasteiger charge is 2.57. The first-order valence-corrected chi connectivity index (χ1v) is 13.4. The standard InChI is InChI=1S/C21H38ClNO5Si/c1-15(13-22)11-21(17(24)26-8)12-16(28-29(9,10)20(5,6)7)14-23(21)18(25)27-19(2,3)4/h16H,1,11-14H2,2-10H3/t16-,21?/m1/s1. The van der Waals surface area contributed by atoms with Crippen LogP contribution in [0.25, 0.3) is 0 Å². The number of esters is 1. The quantitative estimate of drug-likeness (QED) is 0.245. The van der Waals surface area contributed by atoms with Crippen LogP contribution in [0, 0.1) is 0 Å². The highest BCUT2D eigenvalue weighted by Crippen LogP contribution is 2.43. The summed E-state index contributed by atoms with van der Waals surface area (Å²) >= 11 is 5.97. The van der Waals surface area contributed by atoms with Crippen LogP contribution in [0.5, 0.6) is 0 Å². The number of ether oxygens (including phenoxy) is 2. The Morgan fingerprint density at radius 2 is 1.76 bits per heavy atom. The second-order valence-electron chi connectivity index (χ2n) is 10.4. The minimum atomic E-state index is -2.12. The van der Waals surface area contributed by atoms with Crippen LogP contribution in [0.15, 0.2) is 12.2 Å². The topological polar surface area (TPSA) is 65.1 Å². The van der Waals surface area contributed by atoms with E-state index in [1.54, 1.807) is 20.8 Å². The SMILES string of the molecule is C=C(CCl)CC1(C(=O)OC)C[C@@H](O[Si](C)(C)C(C)(C)C)CN1C(=O)OC(C)(C)C. The van der Waals surface area contributed by atoms with E-state index in [0.29, 0.717) is 12.0 Å². The Morgan fingerprint density at radius 1 is 1.21 bits per heavy atom. The summed E-state index contributed by atoms with van der Waals surface area (Å²) in [5.41, 5.74) is -1.28. The van der Waals surface area contributed by atoms with Crippen molar-refractivity contribution in [3.8, 4) is 0 Å². The van der Waals surface area contributed by atoms with Crippen molar-refractivity contribution in [2.75, 3.05) is 19.5 Å². The molecule has 2 atom stereocenters. The molecule has 0 radical (unpaired) electrons. The number of likely N-dealkylation sites (tertiary alicyclic amines) is 1. The molecular formula is C21H38ClNO5Si. The van der Waals surface area contributed by atoms with Crippen molar-refractivity contribution in [2.24, 2.45) is 0 Å². The van der Waals surface area contributed by atoms with E-state index in [1.807, 2.05) is 0 Å². The van der Waals surface area contributed by atoms with E-state index in [4.69, 9.17) is 25.5 Å². The first-order valence-electron chi connectivity index (χ1n) is 9.98. The molecule has 6 nitrogen and oxygen atoms in total. The Hall–Kier alpha value is -1.05. The Balaban J connectivity index is 3.35. The predicted octanol–water partition coefficient (Wildman–Crippen LogP) is 5.11. The van der Waals surface area contributed by atoms with Gasteiger partial charge in [0.2, 0.25) is 0 Å². The molecule has 0 spiro atoms. The summed E-state index contributed by atoms with van der Waals surface area (Å²) in [7, 11) is -0.794. The third-order valence-corrected chi connectivity index (χ3v) is 10.6. The van der Waals surface area contributed by atoms with E-state index in [-0.39, 0.29) is 30.0 Å². The first-order chi connectivity index (χ1) is 13.0. The van der Waals surface area contributed by atoms with Crippen molar-refractivity contribution in [3.05, 3.63) is 12.2 Å². The molecule has 1 unspecified atom stereocenters. The summed E-state index contributed by atoms with van der Waals surface area (Å²) in [6.07, 6.45) is -0.335. The fraction of sp³-hybridized carbons (Fsp3) is 0.810. The summed E-state index contributed by atoms with van der Waals surface area (Å²) in [6.45, 7) is 20.4. The highest BCUT2D eigenvalue weighted by atomic mass is 35.5. The maximum absolute atomic E-state index is 13.1. The van der Waals surface area contributed by atoms with Crippen LogP contribution in [0.4, 0.5) is 4.79 Å². The van der Waals surface area contributed by atoms with Crippen LogP contribution in [0.2, 0.25) is 18.1 Å². The number of carbonyl (C=O) groups is 2. The maximum Gasteiger partial charge on any atom is 0.411 e. The van der Waals surface area contributed by atoms with Gasteiger partial charge in [-0.15, -0.1) is 11.6 Å². The summed E-state index contributed by atoms with van der Waals surface area (Å²) in [5, 5.41) is -0.000000433. The van der Waals surface area contributed by atoms with Gasteiger partial charge in [-0.2, -0.15) is 0 Å². The molecule has 1 saturated heterocycles. The monoisotopic (exact) mass is 447 g/mol. The zero-order valence-electron chi connectivity index (χ0n) is 19.5. The first kappa shape index (κ1) is 26.0. The third kappa shape index (κ3) is 6.21. The van der Waals surface area contributed by atoms with Gasteiger partial charge in [-0.1, -0.05) is 32.9 Å². The van der Waals surface area contributed by atoms with Crippen molar-refractivity contribution in [2.45, 2.75) is 89.8 Å². The van der Waals surface area contributed by atoms with E-state index in [2.05, 4.69) is 40.4 Å². The lowest BCUT2D eigenvalue weighted by molar-refractivity contribution is -0.153. The van der Waals surface area contributed by atoms with E-state index >= 15 is 0 Å². The molecule has 0 bridgehead atoms. The second kappa shape index (κ2) is 8.98. The van der Waals surface area contributed by atoms with Gasteiger partial charge in [0.15, 0.2) is 8.32 Å². The molecule has 0 aromatic rings. The molecule has 1 fully saturated rings. The molecule has 168 valence electrons. The average Bonchev–Trinajstić information content (AvgIpc) is 2.89. The molecule has 1 amide bonds. The molecule has 1 rings (SSSR count). The normalized spacial score (nSPS) is 23.1. The number of alkyl halides is 1. The van der Waals surface area contributed by atoms with Gasteiger partial charge in [0.1, 0.15) is 11.1 Å².